The van der Waals surface area contributed by atoms with Gasteiger partial charge in [-0.2, -0.15) is 5.10 Å². The number of fused-ring (bicyclic) bond motifs is 1. The van der Waals surface area contributed by atoms with Crippen LogP contribution < -0.4 is 5.32 Å². The number of benzene rings is 1. The van der Waals surface area contributed by atoms with Crippen molar-refractivity contribution in [3.05, 3.63) is 53.3 Å². The van der Waals surface area contributed by atoms with E-state index in [-0.39, 0.29) is 5.91 Å². The quantitative estimate of drug-likeness (QED) is 0.827. The van der Waals surface area contributed by atoms with Gasteiger partial charge < -0.3 is 10.2 Å². The van der Waals surface area contributed by atoms with E-state index in [9.17, 15) is 4.79 Å². The smallest absolute Gasteiger partial charge is 0.271 e. The summed E-state index contributed by atoms with van der Waals surface area (Å²) in [4.78, 5) is 14.4. The lowest BCUT2D eigenvalue weighted by molar-refractivity contribution is 0.0947. The summed E-state index contributed by atoms with van der Waals surface area (Å²) in [6.07, 6.45) is 2.87. The van der Waals surface area contributed by atoms with Crippen LogP contribution in [0.1, 0.15) is 28.2 Å². The molecule has 2 heterocycles. The van der Waals surface area contributed by atoms with Gasteiger partial charge in [0.1, 0.15) is 5.69 Å². The molecule has 1 aliphatic rings. The van der Waals surface area contributed by atoms with E-state index in [2.05, 4.69) is 41.5 Å². The summed E-state index contributed by atoms with van der Waals surface area (Å²) in [6, 6.07) is 12.7. The molecule has 3 rings (SSSR count). The molecule has 0 fully saturated rings. The molecule has 1 aromatic carbocycles. The number of amides is 1. The molecule has 0 radical (unpaired) electrons. The standard InChI is InChI=1S/C18H24N4O/c1-21(2)16-11-15-12-17(20-22(15)13-16)18(23)19-10-6-9-14-7-4-3-5-8-14/h3-5,7-8,12,16H,6,9-11,13H2,1-2H3,(H,19,23)/t16-/m0/s1. The zero-order chi connectivity index (χ0) is 16.2. The van der Waals surface area contributed by atoms with E-state index in [1.165, 1.54) is 5.56 Å². The maximum atomic E-state index is 12.2. The van der Waals surface area contributed by atoms with Crippen LogP contribution in [0.5, 0.6) is 0 Å². The maximum absolute atomic E-state index is 12.2. The Morgan fingerprint density at radius 2 is 2.13 bits per heavy atom. The van der Waals surface area contributed by atoms with Gasteiger partial charge in [0, 0.05) is 24.7 Å². The Morgan fingerprint density at radius 3 is 2.83 bits per heavy atom. The molecule has 5 heteroatoms. The lowest BCUT2D eigenvalue weighted by atomic mass is 10.1. The van der Waals surface area contributed by atoms with Crippen molar-refractivity contribution in [3.63, 3.8) is 0 Å². The van der Waals surface area contributed by atoms with E-state index in [1.54, 1.807) is 0 Å². The van der Waals surface area contributed by atoms with Gasteiger partial charge >= 0.3 is 0 Å². The van der Waals surface area contributed by atoms with Crippen molar-refractivity contribution in [1.29, 1.82) is 0 Å². The van der Waals surface area contributed by atoms with Gasteiger partial charge in [0.15, 0.2) is 0 Å². The van der Waals surface area contributed by atoms with E-state index in [0.29, 0.717) is 18.3 Å². The minimum Gasteiger partial charge on any atom is -0.351 e. The fourth-order valence-corrected chi connectivity index (χ4v) is 2.97. The highest BCUT2D eigenvalue weighted by Gasteiger charge is 2.26. The van der Waals surface area contributed by atoms with Crippen molar-refractivity contribution in [1.82, 2.24) is 20.0 Å². The Hall–Kier alpha value is -2.14. The number of rotatable bonds is 6. The molecule has 23 heavy (non-hydrogen) atoms. The number of hydrogen-bond acceptors (Lipinski definition) is 3. The van der Waals surface area contributed by atoms with Crippen molar-refractivity contribution < 1.29 is 4.79 Å². The summed E-state index contributed by atoms with van der Waals surface area (Å²) in [5, 5.41) is 7.40. The minimum atomic E-state index is -0.0682. The van der Waals surface area contributed by atoms with Gasteiger partial charge in [-0.3, -0.25) is 9.48 Å². The van der Waals surface area contributed by atoms with Gasteiger partial charge in [0.25, 0.3) is 5.91 Å². The first-order chi connectivity index (χ1) is 11.1. The Bertz CT molecular complexity index is 639. The molecule has 5 nitrogen and oxygen atoms in total. The number of carbonyl (C=O) groups is 1. The minimum absolute atomic E-state index is 0.0682. The Balaban J connectivity index is 1.46. The third-order valence-electron chi connectivity index (χ3n) is 4.43. The molecule has 0 saturated carbocycles. The molecule has 1 N–H and O–H groups in total. The molecular formula is C18H24N4O. The van der Waals surface area contributed by atoms with Crippen molar-refractivity contribution >= 4 is 5.91 Å². The lowest BCUT2D eigenvalue weighted by Gasteiger charge is -2.17. The van der Waals surface area contributed by atoms with Crippen LogP contribution in [0.2, 0.25) is 0 Å². The predicted octanol–water partition coefficient (Wildman–Crippen LogP) is 1.73. The first kappa shape index (κ1) is 15.7. The summed E-state index contributed by atoms with van der Waals surface area (Å²) in [7, 11) is 4.16. The van der Waals surface area contributed by atoms with Crippen molar-refractivity contribution in [2.45, 2.75) is 31.8 Å². The van der Waals surface area contributed by atoms with Crippen LogP contribution in [-0.2, 0) is 19.4 Å². The molecular weight excluding hydrogens is 288 g/mol. The molecule has 0 bridgehead atoms. The van der Waals surface area contributed by atoms with E-state index in [0.717, 1.165) is 31.5 Å². The van der Waals surface area contributed by atoms with Gasteiger partial charge in [-0.05, 0) is 38.6 Å². The van der Waals surface area contributed by atoms with Crippen LogP contribution >= 0.6 is 0 Å². The highest BCUT2D eigenvalue weighted by atomic mass is 16.1. The highest BCUT2D eigenvalue weighted by Crippen LogP contribution is 2.18. The van der Waals surface area contributed by atoms with Crippen LogP contribution in [0, 0.1) is 0 Å². The summed E-state index contributed by atoms with van der Waals surface area (Å²) in [6.45, 7) is 1.54. The zero-order valence-corrected chi connectivity index (χ0v) is 13.8. The average molecular weight is 312 g/mol. The van der Waals surface area contributed by atoms with E-state index < -0.39 is 0 Å². The normalized spacial score (nSPS) is 16.6. The number of hydrogen-bond donors (Lipinski definition) is 1. The molecule has 0 aliphatic carbocycles. The van der Waals surface area contributed by atoms with Crippen LogP contribution in [0.25, 0.3) is 0 Å². The topological polar surface area (TPSA) is 50.2 Å². The SMILES string of the molecule is CN(C)[C@H]1Cc2cc(C(=O)NCCCc3ccccc3)nn2C1. The van der Waals surface area contributed by atoms with E-state index >= 15 is 0 Å². The fraction of sp³-hybridized carbons (Fsp3) is 0.444. The first-order valence-corrected chi connectivity index (χ1v) is 8.19. The number of nitrogens with one attached hydrogen (secondary N) is 1. The fourth-order valence-electron chi connectivity index (χ4n) is 2.97. The second-order valence-corrected chi connectivity index (χ2v) is 6.37. The Morgan fingerprint density at radius 1 is 1.35 bits per heavy atom. The molecule has 1 amide bonds. The largest absolute Gasteiger partial charge is 0.351 e. The lowest BCUT2D eigenvalue weighted by Crippen LogP contribution is -2.30. The molecule has 1 atom stereocenters. The average Bonchev–Trinajstić information content (AvgIpc) is 3.11. The first-order valence-electron chi connectivity index (χ1n) is 8.19. The maximum Gasteiger partial charge on any atom is 0.271 e. The third-order valence-corrected chi connectivity index (χ3v) is 4.43. The zero-order valence-electron chi connectivity index (χ0n) is 13.8. The van der Waals surface area contributed by atoms with Crippen molar-refractivity contribution in [2.75, 3.05) is 20.6 Å². The van der Waals surface area contributed by atoms with Crippen LogP contribution in [0.3, 0.4) is 0 Å². The predicted molar refractivity (Wildman–Crippen MR) is 90.5 cm³/mol. The number of carbonyl (C=O) groups excluding carboxylic acids is 1. The van der Waals surface area contributed by atoms with Crippen LogP contribution in [0.15, 0.2) is 36.4 Å². The molecule has 1 aromatic heterocycles. The molecule has 1 aliphatic heterocycles. The van der Waals surface area contributed by atoms with Gasteiger partial charge in [-0.1, -0.05) is 30.3 Å². The summed E-state index contributed by atoms with van der Waals surface area (Å²) >= 11 is 0. The molecule has 0 unspecified atom stereocenters. The van der Waals surface area contributed by atoms with Gasteiger partial charge in [0.05, 0.1) is 6.54 Å². The number of aryl methyl sites for hydroxylation is 1. The highest BCUT2D eigenvalue weighted by molar-refractivity contribution is 5.92. The monoisotopic (exact) mass is 312 g/mol. The van der Waals surface area contributed by atoms with Gasteiger partial charge in [-0.15, -0.1) is 0 Å². The number of likely N-dealkylation sites (N-methyl/N-ethyl adjacent to an activating group) is 1. The summed E-state index contributed by atoms with van der Waals surface area (Å²) < 4.78 is 1.96. The molecule has 0 saturated heterocycles. The Kier molecular flexibility index (Phi) is 4.76. The molecule has 122 valence electrons. The van der Waals surface area contributed by atoms with Gasteiger partial charge in [0.2, 0.25) is 0 Å². The Labute approximate surface area is 137 Å². The number of aromatic nitrogens is 2. The number of nitrogens with zero attached hydrogens (tertiary/aromatic N) is 3. The van der Waals surface area contributed by atoms with Crippen molar-refractivity contribution in [3.8, 4) is 0 Å². The third kappa shape index (κ3) is 3.79. The second kappa shape index (κ2) is 6.96. The van der Waals surface area contributed by atoms with Crippen molar-refractivity contribution in [2.24, 2.45) is 0 Å². The van der Waals surface area contributed by atoms with Crippen LogP contribution in [-0.4, -0.2) is 47.3 Å². The van der Waals surface area contributed by atoms with Crippen LogP contribution in [0.4, 0.5) is 0 Å². The molecule has 2 aromatic rings. The van der Waals surface area contributed by atoms with Gasteiger partial charge in [-0.25, -0.2) is 0 Å². The van der Waals surface area contributed by atoms with E-state index in [1.807, 2.05) is 28.9 Å². The second-order valence-electron chi connectivity index (χ2n) is 6.37. The summed E-state index contributed by atoms with van der Waals surface area (Å²) in [5.41, 5.74) is 2.99. The molecule has 0 spiro atoms. The summed E-state index contributed by atoms with van der Waals surface area (Å²) in [5.74, 6) is -0.0682. The van der Waals surface area contributed by atoms with E-state index in [4.69, 9.17) is 0 Å².